The number of morpholine rings is 1. The molecule has 0 bridgehead atoms. The second-order valence-electron chi connectivity index (χ2n) is 3.94. The Kier molecular flexibility index (Phi) is 5.53. The molecule has 3 nitrogen and oxygen atoms in total. The fraction of sp³-hybridized carbons (Fsp3) is 1.00. The number of nitrogens with zero attached hydrogens (tertiary/aromatic N) is 1. The number of likely N-dealkylation sites (N-methyl/N-ethyl adjacent to an activating group) is 1. The fourth-order valence-corrected chi connectivity index (χ4v) is 1.23. The molecule has 1 aliphatic rings. The van der Waals surface area contributed by atoms with Crippen molar-refractivity contribution in [2.75, 3.05) is 26.7 Å². The van der Waals surface area contributed by atoms with E-state index < -0.39 is 0 Å². The van der Waals surface area contributed by atoms with Gasteiger partial charge in [-0.15, -0.1) is 0 Å². The minimum absolute atomic E-state index is 0.182. The maximum absolute atomic E-state index is 5.92. The molecule has 13 heavy (non-hydrogen) atoms. The van der Waals surface area contributed by atoms with Gasteiger partial charge in [0.05, 0.1) is 12.7 Å². The first-order valence-electron chi connectivity index (χ1n) is 5.09. The Balaban J connectivity index is 0.000000671. The Morgan fingerprint density at radius 3 is 2.23 bits per heavy atom. The lowest BCUT2D eigenvalue weighted by Gasteiger charge is -2.37. The monoisotopic (exact) mass is 188 g/mol. The van der Waals surface area contributed by atoms with Crippen molar-refractivity contribution in [3.63, 3.8) is 0 Å². The summed E-state index contributed by atoms with van der Waals surface area (Å²) in [5.74, 6) is 0. The molecule has 80 valence electrons. The van der Waals surface area contributed by atoms with E-state index in [-0.39, 0.29) is 11.6 Å². The van der Waals surface area contributed by atoms with Gasteiger partial charge < -0.3 is 15.4 Å². The largest absolute Gasteiger partial charge is 0.374 e. The summed E-state index contributed by atoms with van der Waals surface area (Å²) in [6, 6.07) is 0. The third-order valence-corrected chi connectivity index (χ3v) is 2.10. The van der Waals surface area contributed by atoms with Gasteiger partial charge >= 0.3 is 0 Å². The van der Waals surface area contributed by atoms with Crippen molar-refractivity contribution in [1.82, 2.24) is 4.90 Å². The normalized spacial score (nSPS) is 24.9. The van der Waals surface area contributed by atoms with Crippen LogP contribution in [0.3, 0.4) is 0 Å². The zero-order valence-electron chi connectivity index (χ0n) is 9.63. The van der Waals surface area contributed by atoms with E-state index in [0.29, 0.717) is 0 Å². The number of hydrogen-bond acceptors (Lipinski definition) is 3. The minimum atomic E-state index is -0.214. The first-order valence-corrected chi connectivity index (χ1v) is 5.09. The summed E-state index contributed by atoms with van der Waals surface area (Å²) < 4.78 is 5.55. The minimum Gasteiger partial charge on any atom is -0.374 e. The van der Waals surface area contributed by atoms with Crippen LogP contribution in [0.15, 0.2) is 0 Å². The van der Waals surface area contributed by atoms with Gasteiger partial charge in [0, 0.05) is 18.6 Å². The number of hydrogen-bond donors (Lipinski definition) is 1. The van der Waals surface area contributed by atoms with E-state index in [2.05, 4.69) is 11.9 Å². The van der Waals surface area contributed by atoms with Gasteiger partial charge in [-0.2, -0.15) is 0 Å². The van der Waals surface area contributed by atoms with E-state index in [1.165, 1.54) is 0 Å². The zero-order chi connectivity index (χ0) is 10.5. The molecule has 0 aromatic rings. The Labute approximate surface area is 82.2 Å². The molecule has 1 rings (SSSR count). The highest BCUT2D eigenvalue weighted by Gasteiger charge is 2.29. The van der Waals surface area contributed by atoms with Crippen molar-refractivity contribution in [3.8, 4) is 0 Å². The zero-order valence-corrected chi connectivity index (χ0v) is 9.63. The molecule has 1 unspecified atom stereocenters. The fourth-order valence-electron chi connectivity index (χ4n) is 1.23. The molecular weight excluding hydrogens is 164 g/mol. The van der Waals surface area contributed by atoms with E-state index in [9.17, 15) is 0 Å². The topological polar surface area (TPSA) is 38.5 Å². The van der Waals surface area contributed by atoms with Crippen LogP contribution < -0.4 is 5.73 Å². The van der Waals surface area contributed by atoms with Crippen LogP contribution in [0.2, 0.25) is 0 Å². The van der Waals surface area contributed by atoms with Crippen molar-refractivity contribution < 1.29 is 4.74 Å². The number of ether oxygens (including phenoxy) is 1. The van der Waals surface area contributed by atoms with Crippen LogP contribution in [-0.2, 0) is 4.74 Å². The van der Waals surface area contributed by atoms with Gasteiger partial charge in [-0.3, -0.25) is 0 Å². The van der Waals surface area contributed by atoms with Crippen LogP contribution in [0.4, 0.5) is 0 Å². The predicted octanol–water partition coefficient (Wildman–Crippen LogP) is 1.08. The Hall–Kier alpha value is -0.120. The first-order chi connectivity index (χ1) is 6.00. The Morgan fingerprint density at radius 1 is 1.38 bits per heavy atom. The molecule has 0 amide bonds. The van der Waals surface area contributed by atoms with Gasteiger partial charge in [-0.05, 0) is 20.9 Å². The summed E-state index contributed by atoms with van der Waals surface area (Å²) in [5, 5.41) is 0. The molecule has 0 radical (unpaired) electrons. The van der Waals surface area contributed by atoms with Crippen LogP contribution in [0.5, 0.6) is 0 Å². The average molecular weight is 188 g/mol. The summed E-state index contributed by atoms with van der Waals surface area (Å²) in [7, 11) is 2.10. The number of nitrogens with two attached hydrogens (primary N) is 1. The summed E-state index contributed by atoms with van der Waals surface area (Å²) in [4.78, 5) is 2.25. The summed E-state index contributed by atoms with van der Waals surface area (Å²) >= 11 is 0. The van der Waals surface area contributed by atoms with Crippen molar-refractivity contribution in [2.45, 2.75) is 39.3 Å². The Bertz CT molecular complexity index is 131. The molecule has 2 N–H and O–H groups in total. The highest BCUT2D eigenvalue weighted by molar-refractivity contribution is 4.87. The molecule has 0 saturated carbocycles. The maximum Gasteiger partial charge on any atom is 0.0876 e. The molecule has 1 heterocycles. The summed E-state index contributed by atoms with van der Waals surface area (Å²) in [5.41, 5.74) is 5.71. The molecule has 0 aromatic heterocycles. The van der Waals surface area contributed by atoms with Crippen LogP contribution in [-0.4, -0.2) is 43.3 Å². The summed E-state index contributed by atoms with van der Waals surface area (Å²) in [6.45, 7) is 10.8. The molecule has 0 spiro atoms. The smallest absolute Gasteiger partial charge is 0.0876 e. The van der Waals surface area contributed by atoms with Crippen LogP contribution in [0.25, 0.3) is 0 Å². The summed E-state index contributed by atoms with van der Waals surface area (Å²) in [6.07, 6.45) is 0.182. The molecule has 0 aliphatic carbocycles. The van der Waals surface area contributed by atoms with Gasteiger partial charge in [-0.1, -0.05) is 13.8 Å². The molecule has 1 atom stereocenters. The lowest BCUT2D eigenvalue weighted by molar-refractivity contribution is -0.0513. The van der Waals surface area contributed by atoms with E-state index in [1.807, 2.05) is 27.7 Å². The second-order valence-corrected chi connectivity index (χ2v) is 3.94. The Morgan fingerprint density at radius 2 is 1.92 bits per heavy atom. The van der Waals surface area contributed by atoms with Gasteiger partial charge in [0.25, 0.3) is 0 Å². The van der Waals surface area contributed by atoms with Crippen LogP contribution in [0, 0.1) is 0 Å². The van der Waals surface area contributed by atoms with E-state index in [1.54, 1.807) is 0 Å². The van der Waals surface area contributed by atoms with Crippen molar-refractivity contribution in [1.29, 1.82) is 0 Å². The SMILES string of the molecule is CC.CN1CCOC(C(C)(C)N)C1. The third kappa shape index (κ3) is 4.60. The lowest BCUT2D eigenvalue weighted by Crippen LogP contribution is -2.55. The molecule has 1 aliphatic heterocycles. The quantitative estimate of drug-likeness (QED) is 0.669. The van der Waals surface area contributed by atoms with Crippen molar-refractivity contribution in [2.24, 2.45) is 5.73 Å². The lowest BCUT2D eigenvalue weighted by atomic mass is 9.97. The van der Waals surface area contributed by atoms with Crippen LogP contribution >= 0.6 is 0 Å². The molecule has 0 aromatic carbocycles. The standard InChI is InChI=1S/C8H18N2O.C2H6/c1-8(2,9)7-6-10(3)4-5-11-7;1-2/h7H,4-6,9H2,1-3H3;1-2H3. The van der Waals surface area contributed by atoms with E-state index >= 15 is 0 Å². The first kappa shape index (κ1) is 12.9. The van der Waals surface area contributed by atoms with E-state index in [4.69, 9.17) is 10.5 Å². The maximum atomic E-state index is 5.92. The van der Waals surface area contributed by atoms with Gasteiger partial charge in [0.15, 0.2) is 0 Å². The van der Waals surface area contributed by atoms with Crippen molar-refractivity contribution in [3.05, 3.63) is 0 Å². The van der Waals surface area contributed by atoms with Gasteiger partial charge in [0.1, 0.15) is 0 Å². The second kappa shape index (κ2) is 5.58. The van der Waals surface area contributed by atoms with Crippen molar-refractivity contribution >= 4 is 0 Å². The molecule has 1 saturated heterocycles. The van der Waals surface area contributed by atoms with Crippen LogP contribution in [0.1, 0.15) is 27.7 Å². The third-order valence-electron chi connectivity index (χ3n) is 2.10. The van der Waals surface area contributed by atoms with Gasteiger partial charge in [0.2, 0.25) is 0 Å². The molecule has 3 heteroatoms. The highest BCUT2D eigenvalue weighted by atomic mass is 16.5. The number of rotatable bonds is 1. The predicted molar refractivity (Wildman–Crippen MR) is 56.9 cm³/mol. The average Bonchev–Trinajstić information content (AvgIpc) is 2.06. The molecular formula is C10H24N2O. The molecule has 1 fully saturated rings. The van der Waals surface area contributed by atoms with E-state index in [0.717, 1.165) is 19.7 Å². The van der Waals surface area contributed by atoms with Gasteiger partial charge in [-0.25, -0.2) is 0 Å². The highest BCUT2D eigenvalue weighted by Crippen LogP contribution is 2.13.